The summed E-state index contributed by atoms with van der Waals surface area (Å²) in [5.74, 6) is 0.844. The summed E-state index contributed by atoms with van der Waals surface area (Å²) in [4.78, 5) is 0. The molecular formula is C11H11FO2. The van der Waals surface area contributed by atoms with Crippen molar-refractivity contribution in [2.24, 2.45) is 0 Å². The van der Waals surface area contributed by atoms with Gasteiger partial charge in [-0.15, -0.1) is 0 Å². The summed E-state index contributed by atoms with van der Waals surface area (Å²) in [6.45, 7) is 6.92. The van der Waals surface area contributed by atoms with Crippen molar-refractivity contribution in [2.45, 2.75) is 19.9 Å². The lowest BCUT2D eigenvalue weighted by Crippen LogP contribution is -2.33. The van der Waals surface area contributed by atoms with Gasteiger partial charge in [-0.2, -0.15) is 4.39 Å². The van der Waals surface area contributed by atoms with Crippen LogP contribution in [0.4, 0.5) is 4.39 Å². The van der Waals surface area contributed by atoms with Gasteiger partial charge < -0.3 is 9.47 Å². The average Bonchev–Trinajstić information content (AvgIpc) is 2.42. The van der Waals surface area contributed by atoms with Crippen LogP contribution in [0.2, 0.25) is 0 Å². The molecular weight excluding hydrogens is 183 g/mol. The SMILES string of the molecule is C=C(C)C1(F)Oc2ccc(C)cc2O1. The van der Waals surface area contributed by atoms with Crippen LogP contribution in [0, 0.1) is 6.92 Å². The number of benzene rings is 1. The zero-order chi connectivity index (χ0) is 10.3. The second-order valence-electron chi connectivity index (χ2n) is 3.47. The van der Waals surface area contributed by atoms with Gasteiger partial charge in [0, 0.05) is 5.57 Å². The van der Waals surface area contributed by atoms with Crippen LogP contribution in [0.5, 0.6) is 11.5 Å². The molecule has 0 saturated heterocycles. The second kappa shape index (κ2) is 2.74. The van der Waals surface area contributed by atoms with E-state index in [9.17, 15) is 4.39 Å². The molecule has 3 heteroatoms. The first-order chi connectivity index (χ1) is 6.51. The third-order valence-corrected chi connectivity index (χ3v) is 2.09. The van der Waals surface area contributed by atoms with Gasteiger partial charge in [0.1, 0.15) is 0 Å². The van der Waals surface area contributed by atoms with E-state index in [4.69, 9.17) is 9.47 Å². The predicted molar refractivity (Wildman–Crippen MR) is 51.1 cm³/mol. The minimum atomic E-state index is -2.20. The molecule has 0 radical (unpaired) electrons. The zero-order valence-electron chi connectivity index (χ0n) is 8.13. The minimum absolute atomic E-state index is 0.200. The fourth-order valence-corrected chi connectivity index (χ4v) is 1.26. The Bertz CT molecular complexity index is 400. The number of hydrogen-bond donors (Lipinski definition) is 0. The van der Waals surface area contributed by atoms with E-state index in [1.807, 2.05) is 13.0 Å². The lowest BCUT2D eigenvalue weighted by molar-refractivity contribution is -0.156. The molecule has 0 spiro atoms. The van der Waals surface area contributed by atoms with Gasteiger partial charge in [0.25, 0.3) is 0 Å². The van der Waals surface area contributed by atoms with E-state index < -0.39 is 6.04 Å². The summed E-state index contributed by atoms with van der Waals surface area (Å²) in [5.41, 5.74) is 1.20. The molecule has 74 valence electrons. The molecule has 1 atom stereocenters. The Morgan fingerprint density at radius 2 is 2.00 bits per heavy atom. The number of alkyl halides is 1. The van der Waals surface area contributed by atoms with Gasteiger partial charge in [-0.05, 0) is 31.5 Å². The summed E-state index contributed by atoms with van der Waals surface area (Å²) in [7, 11) is 0. The molecule has 1 aliphatic heterocycles. The highest BCUT2D eigenvalue weighted by atomic mass is 19.2. The predicted octanol–water partition coefficient (Wildman–Crippen LogP) is 2.97. The maximum Gasteiger partial charge on any atom is 0.432 e. The van der Waals surface area contributed by atoms with Gasteiger partial charge in [0.2, 0.25) is 0 Å². The molecule has 0 aromatic heterocycles. The van der Waals surface area contributed by atoms with Crippen molar-refractivity contribution >= 4 is 0 Å². The Balaban J connectivity index is 2.39. The lowest BCUT2D eigenvalue weighted by atomic mass is 10.2. The molecule has 1 aliphatic rings. The molecule has 0 N–H and O–H groups in total. The first-order valence-electron chi connectivity index (χ1n) is 4.35. The van der Waals surface area contributed by atoms with Crippen LogP contribution in [0.25, 0.3) is 0 Å². The molecule has 1 unspecified atom stereocenters. The van der Waals surface area contributed by atoms with E-state index in [1.165, 1.54) is 6.92 Å². The summed E-state index contributed by atoms with van der Waals surface area (Å²) in [5, 5.41) is 0. The molecule has 0 fully saturated rings. The van der Waals surface area contributed by atoms with E-state index >= 15 is 0 Å². The number of aryl methyl sites for hydroxylation is 1. The standard InChI is InChI=1S/C11H11FO2/c1-7(2)11(12)13-9-5-4-8(3)6-10(9)14-11/h4-6H,1H2,2-3H3. The van der Waals surface area contributed by atoms with Gasteiger partial charge in [0.15, 0.2) is 11.5 Å². The maximum absolute atomic E-state index is 13.8. The molecule has 1 aromatic carbocycles. The highest BCUT2D eigenvalue weighted by molar-refractivity contribution is 5.46. The van der Waals surface area contributed by atoms with Gasteiger partial charge in [-0.1, -0.05) is 12.6 Å². The van der Waals surface area contributed by atoms with Gasteiger partial charge in [0.05, 0.1) is 0 Å². The van der Waals surface area contributed by atoms with E-state index in [0.29, 0.717) is 11.5 Å². The van der Waals surface area contributed by atoms with Crippen molar-refractivity contribution in [3.63, 3.8) is 0 Å². The van der Waals surface area contributed by atoms with Crippen LogP contribution in [0.15, 0.2) is 30.4 Å². The summed E-state index contributed by atoms with van der Waals surface area (Å²) < 4.78 is 23.9. The molecule has 14 heavy (non-hydrogen) atoms. The summed E-state index contributed by atoms with van der Waals surface area (Å²) in [6.07, 6.45) is 0. The third kappa shape index (κ3) is 1.25. The molecule has 0 saturated carbocycles. The Morgan fingerprint density at radius 3 is 2.64 bits per heavy atom. The smallest absolute Gasteiger partial charge is 0.419 e. The fourth-order valence-electron chi connectivity index (χ4n) is 1.26. The first kappa shape index (κ1) is 9.06. The largest absolute Gasteiger partial charge is 0.432 e. The number of ether oxygens (including phenoxy) is 2. The molecule has 2 rings (SSSR count). The van der Waals surface area contributed by atoms with Gasteiger partial charge in [-0.25, -0.2) is 0 Å². The maximum atomic E-state index is 13.8. The van der Waals surface area contributed by atoms with E-state index in [-0.39, 0.29) is 5.57 Å². The number of fused-ring (bicyclic) bond motifs is 1. The Morgan fingerprint density at radius 1 is 1.36 bits per heavy atom. The highest BCUT2D eigenvalue weighted by Gasteiger charge is 2.43. The third-order valence-electron chi connectivity index (χ3n) is 2.09. The van der Waals surface area contributed by atoms with Gasteiger partial charge >= 0.3 is 6.04 Å². The minimum Gasteiger partial charge on any atom is -0.419 e. The summed E-state index contributed by atoms with van der Waals surface area (Å²) >= 11 is 0. The molecule has 0 amide bonds. The van der Waals surface area contributed by atoms with Crippen LogP contribution >= 0.6 is 0 Å². The zero-order valence-corrected chi connectivity index (χ0v) is 8.13. The Hall–Kier alpha value is -1.51. The van der Waals surface area contributed by atoms with Crippen molar-refractivity contribution < 1.29 is 13.9 Å². The highest BCUT2D eigenvalue weighted by Crippen LogP contribution is 2.42. The molecule has 1 aromatic rings. The van der Waals surface area contributed by atoms with E-state index in [1.54, 1.807) is 12.1 Å². The fraction of sp³-hybridized carbons (Fsp3) is 0.273. The van der Waals surface area contributed by atoms with Crippen molar-refractivity contribution in [3.8, 4) is 11.5 Å². The molecule has 0 bridgehead atoms. The van der Waals surface area contributed by atoms with Crippen LogP contribution in [0.3, 0.4) is 0 Å². The van der Waals surface area contributed by atoms with E-state index in [2.05, 4.69) is 6.58 Å². The van der Waals surface area contributed by atoms with Crippen LogP contribution in [-0.2, 0) is 0 Å². The monoisotopic (exact) mass is 194 g/mol. The lowest BCUT2D eigenvalue weighted by Gasteiger charge is -2.17. The number of hydrogen-bond acceptors (Lipinski definition) is 2. The van der Waals surface area contributed by atoms with Crippen LogP contribution in [0.1, 0.15) is 12.5 Å². The number of rotatable bonds is 1. The van der Waals surface area contributed by atoms with Crippen molar-refractivity contribution in [2.75, 3.05) is 0 Å². The van der Waals surface area contributed by atoms with Crippen molar-refractivity contribution in [3.05, 3.63) is 35.9 Å². The van der Waals surface area contributed by atoms with Crippen molar-refractivity contribution in [1.82, 2.24) is 0 Å². The molecule has 2 nitrogen and oxygen atoms in total. The molecule has 0 aliphatic carbocycles. The number of halogens is 1. The average molecular weight is 194 g/mol. The van der Waals surface area contributed by atoms with Crippen molar-refractivity contribution in [1.29, 1.82) is 0 Å². The Kier molecular flexibility index (Phi) is 1.77. The normalized spacial score (nSPS) is 23.6. The van der Waals surface area contributed by atoms with Crippen LogP contribution < -0.4 is 9.47 Å². The quantitative estimate of drug-likeness (QED) is 0.640. The van der Waals surface area contributed by atoms with Crippen LogP contribution in [-0.4, -0.2) is 6.04 Å². The van der Waals surface area contributed by atoms with Gasteiger partial charge in [-0.3, -0.25) is 0 Å². The van der Waals surface area contributed by atoms with E-state index in [0.717, 1.165) is 5.56 Å². The Labute approximate surface area is 82.0 Å². The first-order valence-corrected chi connectivity index (χ1v) is 4.35. The summed E-state index contributed by atoms with van der Waals surface area (Å²) in [6, 6.07) is 3.07. The second-order valence-corrected chi connectivity index (χ2v) is 3.47. The molecule has 1 heterocycles. The topological polar surface area (TPSA) is 18.5 Å².